The first-order chi connectivity index (χ1) is 9.11. The third kappa shape index (κ3) is 5.98. The Hall–Kier alpha value is -0.510. The van der Waals surface area contributed by atoms with Crippen LogP contribution in [0.1, 0.15) is 37.8 Å². The Kier molecular flexibility index (Phi) is 7.51. The molecule has 2 nitrogen and oxygen atoms in total. The van der Waals surface area contributed by atoms with E-state index in [1.54, 1.807) is 0 Å². The van der Waals surface area contributed by atoms with Crippen LogP contribution in [0.2, 0.25) is 0 Å². The lowest BCUT2D eigenvalue weighted by atomic mass is 10.0. The molecule has 0 radical (unpaired) electrons. The van der Waals surface area contributed by atoms with E-state index in [2.05, 4.69) is 50.4 Å². The molecule has 1 aromatic carbocycles. The number of aliphatic hydroxyl groups is 1. The highest BCUT2D eigenvalue weighted by atomic mass is 32.2. The van der Waals surface area contributed by atoms with Crippen LogP contribution in [0.3, 0.4) is 0 Å². The van der Waals surface area contributed by atoms with Gasteiger partial charge in [0, 0.05) is 11.3 Å². The Balaban J connectivity index is 2.31. The van der Waals surface area contributed by atoms with Gasteiger partial charge in [-0.3, -0.25) is 0 Å². The molecule has 2 N–H and O–H groups in total. The van der Waals surface area contributed by atoms with Crippen molar-refractivity contribution in [2.45, 2.75) is 44.9 Å². The number of aliphatic hydroxyl groups excluding tert-OH is 1. The summed E-state index contributed by atoms with van der Waals surface area (Å²) in [5.41, 5.74) is 2.65. The molecule has 0 aliphatic rings. The van der Waals surface area contributed by atoms with Gasteiger partial charge < -0.3 is 10.4 Å². The van der Waals surface area contributed by atoms with Gasteiger partial charge in [-0.25, -0.2) is 0 Å². The molecule has 1 atom stereocenters. The zero-order chi connectivity index (χ0) is 14.1. The van der Waals surface area contributed by atoms with Gasteiger partial charge in [-0.1, -0.05) is 31.2 Å². The average molecular weight is 281 g/mol. The number of hydrogen-bond acceptors (Lipinski definition) is 3. The largest absolute Gasteiger partial charge is 0.394 e. The maximum absolute atomic E-state index is 9.50. The molecule has 0 aliphatic heterocycles. The second kappa shape index (κ2) is 8.62. The molecule has 0 amide bonds. The van der Waals surface area contributed by atoms with Gasteiger partial charge in [-0.2, -0.15) is 11.8 Å². The number of benzene rings is 1. The van der Waals surface area contributed by atoms with Crippen LogP contribution in [0.15, 0.2) is 24.3 Å². The fourth-order valence-electron chi connectivity index (χ4n) is 1.90. The molecule has 0 fully saturated rings. The minimum Gasteiger partial charge on any atom is -0.394 e. The molecule has 0 aromatic heterocycles. The summed E-state index contributed by atoms with van der Waals surface area (Å²) in [6, 6.07) is 8.55. The quantitative estimate of drug-likeness (QED) is 0.681. The first kappa shape index (κ1) is 16.5. The summed E-state index contributed by atoms with van der Waals surface area (Å²) in [7, 11) is 0. The molecule has 0 aliphatic carbocycles. The zero-order valence-corrected chi connectivity index (χ0v) is 13.2. The number of rotatable bonds is 9. The predicted octanol–water partition coefficient (Wildman–Crippen LogP) is 3.37. The van der Waals surface area contributed by atoms with E-state index in [-0.39, 0.29) is 12.1 Å². The SMILES string of the molecule is CCCNC(C)(CO)CCSCc1ccccc1C. The van der Waals surface area contributed by atoms with Crippen LogP contribution in [0.4, 0.5) is 0 Å². The topological polar surface area (TPSA) is 32.3 Å². The number of nitrogens with one attached hydrogen (secondary N) is 1. The standard InChI is InChI=1S/C16H27NOS/c1-4-10-17-16(3,13-18)9-11-19-12-15-8-6-5-7-14(15)2/h5-8,17-18H,4,9-13H2,1-3H3. The number of thioether (sulfide) groups is 1. The third-order valence-electron chi connectivity index (χ3n) is 3.47. The summed E-state index contributed by atoms with van der Waals surface area (Å²) in [6.07, 6.45) is 2.10. The van der Waals surface area contributed by atoms with E-state index in [9.17, 15) is 5.11 Å². The Morgan fingerprint density at radius 2 is 2.05 bits per heavy atom. The fraction of sp³-hybridized carbons (Fsp3) is 0.625. The van der Waals surface area contributed by atoms with Gasteiger partial charge in [0.1, 0.15) is 0 Å². The lowest BCUT2D eigenvalue weighted by molar-refractivity contribution is 0.171. The monoisotopic (exact) mass is 281 g/mol. The Labute approximate surface area is 122 Å². The molecule has 1 unspecified atom stereocenters. The summed E-state index contributed by atoms with van der Waals surface area (Å²) in [4.78, 5) is 0. The first-order valence-corrected chi connectivity index (χ1v) is 8.25. The number of aryl methyl sites for hydroxylation is 1. The van der Waals surface area contributed by atoms with E-state index in [4.69, 9.17) is 0 Å². The van der Waals surface area contributed by atoms with Crippen molar-refractivity contribution in [3.8, 4) is 0 Å². The van der Waals surface area contributed by atoms with Crippen molar-refractivity contribution >= 4 is 11.8 Å². The smallest absolute Gasteiger partial charge is 0.0610 e. The van der Waals surface area contributed by atoms with Crippen molar-refractivity contribution in [2.75, 3.05) is 18.9 Å². The second-order valence-corrected chi connectivity index (χ2v) is 6.48. The molecule has 0 saturated carbocycles. The molecule has 0 spiro atoms. The highest BCUT2D eigenvalue weighted by Gasteiger charge is 2.21. The highest BCUT2D eigenvalue weighted by Crippen LogP contribution is 2.19. The lowest BCUT2D eigenvalue weighted by Crippen LogP contribution is -2.46. The Bertz CT molecular complexity index is 370. The highest BCUT2D eigenvalue weighted by molar-refractivity contribution is 7.98. The van der Waals surface area contributed by atoms with E-state index < -0.39 is 0 Å². The summed E-state index contributed by atoms with van der Waals surface area (Å²) in [6.45, 7) is 7.60. The zero-order valence-electron chi connectivity index (χ0n) is 12.4. The van der Waals surface area contributed by atoms with E-state index >= 15 is 0 Å². The van der Waals surface area contributed by atoms with Crippen molar-refractivity contribution in [1.29, 1.82) is 0 Å². The Morgan fingerprint density at radius 3 is 2.68 bits per heavy atom. The maximum Gasteiger partial charge on any atom is 0.0610 e. The van der Waals surface area contributed by atoms with Gasteiger partial charge in [0.05, 0.1) is 6.61 Å². The van der Waals surface area contributed by atoms with E-state index in [0.717, 1.165) is 30.9 Å². The molecule has 0 saturated heterocycles. The summed E-state index contributed by atoms with van der Waals surface area (Å²) in [5, 5.41) is 12.9. The van der Waals surface area contributed by atoms with Crippen LogP contribution in [-0.2, 0) is 5.75 Å². The summed E-state index contributed by atoms with van der Waals surface area (Å²) >= 11 is 1.95. The molecule has 108 valence electrons. The number of hydrogen-bond donors (Lipinski definition) is 2. The van der Waals surface area contributed by atoms with Crippen LogP contribution in [0, 0.1) is 6.92 Å². The van der Waals surface area contributed by atoms with Gasteiger partial charge in [-0.05, 0) is 50.1 Å². The van der Waals surface area contributed by atoms with Gasteiger partial charge in [-0.15, -0.1) is 0 Å². The van der Waals surface area contributed by atoms with Crippen molar-refractivity contribution < 1.29 is 5.11 Å². The van der Waals surface area contributed by atoms with Gasteiger partial charge in [0.25, 0.3) is 0 Å². The van der Waals surface area contributed by atoms with Crippen LogP contribution < -0.4 is 5.32 Å². The molecular formula is C16H27NOS. The van der Waals surface area contributed by atoms with Crippen molar-refractivity contribution in [1.82, 2.24) is 5.32 Å². The van der Waals surface area contributed by atoms with E-state index in [1.807, 2.05) is 11.8 Å². The maximum atomic E-state index is 9.50. The van der Waals surface area contributed by atoms with Crippen LogP contribution in [0.5, 0.6) is 0 Å². The van der Waals surface area contributed by atoms with E-state index in [0.29, 0.717) is 0 Å². The third-order valence-corrected chi connectivity index (χ3v) is 4.48. The average Bonchev–Trinajstić information content (AvgIpc) is 2.43. The van der Waals surface area contributed by atoms with Gasteiger partial charge in [0.2, 0.25) is 0 Å². The van der Waals surface area contributed by atoms with Gasteiger partial charge in [0.15, 0.2) is 0 Å². The molecule has 19 heavy (non-hydrogen) atoms. The van der Waals surface area contributed by atoms with Gasteiger partial charge >= 0.3 is 0 Å². The van der Waals surface area contributed by atoms with Crippen LogP contribution >= 0.6 is 11.8 Å². The van der Waals surface area contributed by atoms with Crippen molar-refractivity contribution in [2.24, 2.45) is 0 Å². The summed E-state index contributed by atoms with van der Waals surface area (Å²) < 4.78 is 0. The molecule has 1 rings (SSSR count). The lowest BCUT2D eigenvalue weighted by Gasteiger charge is -2.28. The Morgan fingerprint density at radius 1 is 1.32 bits per heavy atom. The molecule has 0 bridgehead atoms. The van der Waals surface area contributed by atoms with Crippen LogP contribution in [-0.4, -0.2) is 29.5 Å². The molecule has 1 aromatic rings. The molecule has 0 heterocycles. The van der Waals surface area contributed by atoms with Crippen LogP contribution in [0.25, 0.3) is 0 Å². The minimum absolute atomic E-state index is 0.130. The van der Waals surface area contributed by atoms with E-state index in [1.165, 1.54) is 11.1 Å². The molecular weight excluding hydrogens is 254 g/mol. The first-order valence-electron chi connectivity index (χ1n) is 7.09. The van der Waals surface area contributed by atoms with Crippen molar-refractivity contribution in [3.05, 3.63) is 35.4 Å². The molecule has 3 heteroatoms. The predicted molar refractivity (Wildman–Crippen MR) is 85.7 cm³/mol. The second-order valence-electron chi connectivity index (χ2n) is 5.37. The fourth-order valence-corrected chi connectivity index (χ4v) is 3.18. The normalized spacial score (nSPS) is 14.3. The summed E-state index contributed by atoms with van der Waals surface area (Å²) in [5.74, 6) is 2.13. The minimum atomic E-state index is -0.130. The van der Waals surface area contributed by atoms with Crippen molar-refractivity contribution in [3.63, 3.8) is 0 Å².